The first-order chi connectivity index (χ1) is 11.8. The Morgan fingerprint density at radius 1 is 1.24 bits per heavy atom. The molecule has 10 heteroatoms. The van der Waals surface area contributed by atoms with Gasteiger partial charge in [0.05, 0.1) is 31.7 Å². The lowest BCUT2D eigenvalue weighted by Crippen LogP contribution is -2.16. The number of carbonyl (C=O) groups is 2. The van der Waals surface area contributed by atoms with Crippen molar-refractivity contribution in [2.45, 2.75) is 6.18 Å². The number of ether oxygens (including phenoxy) is 3. The van der Waals surface area contributed by atoms with Gasteiger partial charge in [-0.25, -0.2) is 14.3 Å². The van der Waals surface area contributed by atoms with Crippen molar-refractivity contribution in [1.82, 2.24) is 9.78 Å². The maximum Gasteiger partial charge on any atom is 0.416 e. The molecule has 0 saturated heterocycles. The van der Waals surface area contributed by atoms with Crippen LogP contribution in [0.4, 0.5) is 13.2 Å². The Bertz CT molecular complexity index is 786. The van der Waals surface area contributed by atoms with E-state index < -0.39 is 30.3 Å². The fourth-order valence-electron chi connectivity index (χ4n) is 1.86. The van der Waals surface area contributed by atoms with Crippen LogP contribution in [0.3, 0.4) is 0 Å². The van der Waals surface area contributed by atoms with Crippen molar-refractivity contribution in [3.05, 3.63) is 41.7 Å². The summed E-state index contributed by atoms with van der Waals surface area (Å²) in [6.07, 6.45) is -3.29. The highest BCUT2D eigenvalue weighted by atomic mass is 19.4. The Morgan fingerprint density at radius 2 is 1.96 bits per heavy atom. The number of esters is 2. The van der Waals surface area contributed by atoms with Crippen molar-refractivity contribution in [2.75, 3.05) is 20.8 Å². The average molecular weight is 358 g/mol. The largest absolute Gasteiger partial charge is 0.493 e. The van der Waals surface area contributed by atoms with Gasteiger partial charge in [-0.2, -0.15) is 18.3 Å². The first-order valence-electron chi connectivity index (χ1n) is 6.81. The Labute approximate surface area is 139 Å². The van der Waals surface area contributed by atoms with Gasteiger partial charge in [0.2, 0.25) is 5.69 Å². The predicted octanol–water partition coefficient (Wildman–Crippen LogP) is 2.23. The second-order valence-corrected chi connectivity index (χ2v) is 4.69. The number of alkyl halides is 3. The highest BCUT2D eigenvalue weighted by molar-refractivity contribution is 5.91. The van der Waals surface area contributed by atoms with Crippen LogP contribution in [0.5, 0.6) is 5.75 Å². The zero-order chi connectivity index (χ0) is 18.6. The molecule has 2 aromatic rings. The number of halogens is 3. The predicted molar refractivity (Wildman–Crippen MR) is 77.4 cm³/mol. The molecule has 25 heavy (non-hydrogen) atoms. The average Bonchev–Trinajstić information content (AvgIpc) is 3.03. The van der Waals surface area contributed by atoms with Gasteiger partial charge in [0, 0.05) is 0 Å². The van der Waals surface area contributed by atoms with Gasteiger partial charge in [-0.05, 0) is 18.2 Å². The number of rotatable bonds is 5. The molecule has 1 aromatic carbocycles. The molecule has 0 aliphatic heterocycles. The molecule has 1 aromatic heterocycles. The van der Waals surface area contributed by atoms with Gasteiger partial charge in [0.1, 0.15) is 0 Å². The smallest absolute Gasteiger partial charge is 0.416 e. The molecule has 134 valence electrons. The van der Waals surface area contributed by atoms with E-state index in [9.17, 15) is 22.8 Å². The third kappa shape index (κ3) is 4.28. The summed E-state index contributed by atoms with van der Waals surface area (Å²) < 4.78 is 53.5. The van der Waals surface area contributed by atoms with Crippen molar-refractivity contribution in [2.24, 2.45) is 0 Å². The topological polar surface area (TPSA) is 79.7 Å². The normalized spacial score (nSPS) is 11.1. The molecule has 0 aliphatic rings. The molecule has 0 amide bonds. The summed E-state index contributed by atoms with van der Waals surface area (Å²) >= 11 is 0. The number of methoxy groups -OCH3 is 2. The number of carbonyl (C=O) groups excluding carboxylic acids is 2. The van der Waals surface area contributed by atoms with Crippen LogP contribution in [0.15, 0.2) is 30.5 Å². The van der Waals surface area contributed by atoms with Crippen molar-refractivity contribution in [1.29, 1.82) is 0 Å². The van der Waals surface area contributed by atoms with Crippen LogP contribution in [0.2, 0.25) is 0 Å². The molecule has 0 saturated carbocycles. The van der Waals surface area contributed by atoms with Crippen LogP contribution in [0, 0.1) is 0 Å². The zero-order valence-corrected chi connectivity index (χ0v) is 13.2. The van der Waals surface area contributed by atoms with Gasteiger partial charge in [-0.15, -0.1) is 0 Å². The van der Waals surface area contributed by atoms with Gasteiger partial charge < -0.3 is 14.2 Å². The van der Waals surface area contributed by atoms with Crippen molar-refractivity contribution in [3.63, 3.8) is 0 Å². The molecular weight excluding hydrogens is 345 g/mol. The maximum atomic E-state index is 12.8. The van der Waals surface area contributed by atoms with E-state index in [4.69, 9.17) is 9.47 Å². The van der Waals surface area contributed by atoms with Crippen molar-refractivity contribution in [3.8, 4) is 11.4 Å². The molecule has 0 radical (unpaired) electrons. The maximum absolute atomic E-state index is 12.8. The molecule has 0 fully saturated rings. The lowest BCUT2D eigenvalue weighted by molar-refractivity contribution is -0.144. The molecule has 0 bridgehead atoms. The second-order valence-electron chi connectivity index (χ2n) is 4.69. The van der Waals surface area contributed by atoms with Crippen LogP contribution < -0.4 is 4.74 Å². The number of aromatic nitrogens is 2. The number of hydrogen-bond acceptors (Lipinski definition) is 6. The molecule has 0 unspecified atom stereocenters. The van der Waals surface area contributed by atoms with Gasteiger partial charge in [-0.1, -0.05) is 6.07 Å². The molecule has 7 nitrogen and oxygen atoms in total. The highest BCUT2D eigenvalue weighted by Gasteiger charge is 2.31. The Balaban J connectivity index is 2.31. The summed E-state index contributed by atoms with van der Waals surface area (Å²) in [6, 6.07) is 4.37. The molecule has 1 heterocycles. The van der Waals surface area contributed by atoms with E-state index in [-0.39, 0.29) is 17.1 Å². The van der Waals surface area contributed by atoms with E-state index in [2.05, 4.69) is 9.84 Å². The molecule has 0 atom stereocenters. The lowest BCUT2D eigenvalue weighted by Gasteiger charge is -2.08. The third-order valence-corrected chi connectivity index (χ3v) is 3.08. The van der Waals surface area contributed by atoms with E-state index in [0.29, 0.717) is 0 Å². The summed E-state index contributed by atoms with van der Waals surface area (Å²) in [7, 11) is 2.38. The summed E-state index contributed by atoms with van der Waals surface area (Å²) in [4.78, 5) is 22.9. The third-order valence-electron chi connectivity index (χ3n) is 3.08. The summed E-state index contributed by atoms with van der Waals surface area (Å²) in [5, 5.41) is 3.88. The molecule has 0 aliphatic carbocycles. The van der Waals surface area contributed by atoms with E-state index in [1.165, 1.54) is 25.4 Å². The number of hydrogen-bond donors (Lipinski definition) is 0. The minimum Gasteiger partial charge on any atom is -0.493 e. The number of benzene rings is 1. The van der Waals surface area contributed by atoms with Gasteiger partial charge in [-0.3, -0.25) is 0 Å². The fraction of sp³-hybridized carbons (Fsp3) is 0.267. The van der Waals surface area contributed by atoms with Crippen LogP contribution >= 0.6 is 0 Å². The monoisotopic (exact) mass is 358 g/mol. The highest BCUT2D eigenvalue weighted by Crippen LogP contribution is 2.30. The summed E-state index contributed by atoms with van der Waals surface area (Å²) in [6.45, 7) is -0.630. The van der Waals surface area contributed by atoms with Crippen molar-refractivity contribution < 1.29 is 37.0 Å². The van der Waals surface area contributed by atoms with E-state index in [0.717, 1.165) is 23.9 Å². The van der Waals surface area contributed by atoms with Crippen LogP contribution in [0.1, 0.15) is 16.1 Å². The lowest BCUT2D eigenvalue weighted by atomic mass is 10.2. The standard InChI is InChI=1S/C15H13F3N2O5/c1-23-11-7-20(10-5-3-4-9(6-10)15(16,17)18)19-13(11)14(22)25-8-12(21)24-2/h3-7H,8H2,1-2H3. The Kier molecular flexibility index (Phi) is 5.30. The summed E-state index contributed by atoms with van der Waals surface area (Å²) in [5.74, 6) is -1.77. The van der Waals surface area contributed by atoms with Crippen LogP contribution in [-0.2, 0) is 20.4 Å². The molecule has 0 spiro atoms. The van der Waals surface area contributed by atoms with Crippen LogP contribution in [0.25, 0.3) is 5.69 Å². The van der Waals surface area contributed by atoms with Gasteiger partial charge >= 0.3 is 18.1 Å². The first-order valence-corrected chi connectivity index (χ1v) is 6.81. The van der Waals surface area contributed by atoms with Gasteiger partial charge in [0.25, 0.3) is 0 Å². The van der Waals surface area contributed by atoms with E-state index in [1.807, 2.05) is 0 Å². The van der Waals surface area contributed by atoms with Gasteiger partial charge in [0.15, 0.2) is 12.4 Å². The zero-order valence-electron chi connectivity index (χ0n) is 13.2. The Morgan fingerprint density at radius 3 is 2.56 bits per heavy atom. The fourth-order valence-corrected chi connectivity index (χ4v) is 1.86. The van der Waals surface area contributed by atoms with E-state index in [1.54, 1.807) is 0 Å². The minimum absolute atomic E-state index is 0.0210. The first kappa shape index (κ1) is 18.3. The second kappa shape index (κ2) is 7.24. The van der Waals surface area contributed by atoms with Crippen molar-refractivity contribution >= 4 is 11.9 Å². The quantitative estimate of drug-likeness (QED) is 0.763. The minimum atomic E-state index is -4.52. The molecule has 0 N–H and O–H groups in total. The number of nitrogens with zero attached hydrogens (tertiary/aromatic N) is 2. The van der Waals surface area contributed by atoms with Crippen LogP contribution in [-0.4, -0.2) is 42.5 Å². The summed E-state index contributed by atoms with van der Waals surface area (Å²) in [5.41, 5.74) is -1.08. The van der Waals surface area contributed by atoms with E-state index >= 15 is 0 Å². The molecule has 2 rings (SSSR count). The Hall–Kier alpha value is -3.04. The molecular formula is C15H13F3N2O5. The SMILES string of the molecule is COC(=O)COC(=O)c1nn(-c2cccc(C(F)(F)F)c2)cc1OC.